The molecule has 0 aliphatic heterocycles. The van der Waals surface area contributed by atoms with E-state index in [1.165, 1.54) is 25.7 Å². The summed E-state index contributed by atoms with van der Waals surface area (Å²) >= 11 is 0. The Balaban J connectivity index is 3.70. The highest BCUT2D eigenvalue weighted by molar-refractivity contribution is 5.86. The normalized spacial score (nSPS) is 13.9. The van der Waals surface area contributed by atoms with Crippen molar-refractivity contribution in [3.8, 4) is 0 Å². The predicted octanol–water partition coefficient (Wildman–Crippen LogP) is 4.12. The van der Waals surface area contributed by atoms with Crippen LogP contribution in [0, 0.1) is 5.92 Å². The summed E-state index contributed by atoms with van der Waals surface area (Å²) in [7, 11) is 0. The first-order chi connectivity index (χ1) is 9.01. The first-order valence-electron chi connectivity index (χ1n) is 7.45. The molecule has 2 atom stereocenters. The lowest BCUT2D eigenvalue weighted by atomic mass is 9.93. The number of hydrogen-bond donors (Lipinski definition) is 0. The van der Waals surface area contributed by atoms with Gasteiger partial charge in [-0.3, -0.25) is 0 Å². The topological polar surface area (TPSA) is 35.5 Å². The average Bonchev–Trinajstić information content (AvgIpc) is 2.38. The van der Waals surface area contributed by atoms with Crippen LogP contribution in [0.25, 0.3) is 0 Å². The second kappa shape index (κ2) is 11.0. The van der Waals surface area contributed by atoms with Gasteiger partial charge in [0, 0.05) is 5.57 Å². The number of esters is 1. The smallest absolute Gasteiger partial charge is 0.333 e. The molecule has 0 aliphatic carbocycles. The van der Waals surface area contributed by atoms with Crippen molar-refractivity contribution in [2.45, 2.75) is 65.9 Å². The third kappa shape index (κ3) is 9.71. The first-order valence-corrected chi connectivity index (χ1v) is 7.45. The van der Waals surface area contributed by atoms with Gasteiger partial charge in [-0.15, -0.1) is 0 Å². The van der Waals surface area contributed by atoms with Gasteiger partial charge in [0.1, 0.15) is 6.61 Å². The Morgan fingerprint density at radius 2 is 1.95 bits per heavy atom. The fourth-order valence-corrected chi connectivity index (χ4v) is 2.03. The van der Waals surface area contributed by atoms with Crippen LogP contribution in [0.4, 0.5) is 0 Å². The summed E-state index contributed by atoms with van der Waals surface area (Å²) in [5.41, 5.74) is 0.429. The van der Waals surface area contributed by atoms with E-state index in [9.17, 15) is 4.79 Å². The van der Waals surface area contributed by atoms with Crippen molar-refractivity contribution in [2.24, 2.45) is 5.92 Å². The third-order valence-corrected chi connectivity index (χ3v) is 3.28. The lowest BCUT2D eigenvalue weighted by Gasteiger charge is -2.20. The molecule has 0 amide bonds. The van der Waals surface area contributed by atoms with Crippen LogP contribution >= 0.6 is 0 Å². The van der Waals surface area contributed by atoms with Gasteiger partial charge in [0.05, 0.1) is 12.7 Å². The van der Waals surface area contributed by atoms with Crippen molar-refractivity contribution in [1.29, 1.82) is 0 Å². The molecule has 0 saturated carbocycles. The quantitative estimate of drug-likeness (QED) is 0.322. The maximum absolute atomic E-state index is 11.2. The molecule has 0 fully saturated rings. The number of ether oxygens (including phenoxy) is 2. The van der Waals surface area contributed by atoms with Gasteiger partial charge in [-0.05, 0) is 26.2 Å². The van der Waals surface area contributed by atoms with Crippen LogP contribution in [-0.4, -0.2) is 25.3 Å². The summed E-state index contributed by atoms with van der Waals surface area (Å²) < 4.78 is 10.7. The van der Waals surface area contributed by atoms with Crippen molar-refractivity contribution < 1.29 is 14.3 Å². The maximum atomic E-state index is 11.2. The van der Waals surface area contributed by atoms with Crippen LogP contribution in [0.3, 0.4) is 0 Å². The van der Waals surface area contributed by atoms with E-state index in [1.807, 2.05) is 0 Å². The fourth-order valence-electron chi connectivity index (χ4n) is 2.03. The van der Waals surface area contributed by atoms with Crippen LogP contribution in [0.2, 0.25) is 0 Å². The van der Waals surface area contributed by atoms with Gasteiger partial charge in [-0.25, -0.2) is 4.79 Å². The zero-order chi connectivity index (χ0) is 14.7. The zero-order valence-corrected chi connectivity index (χ0v) is 13.0. The van der Waals surface area contributed by atoms with Crippen molar-refractivity contribution in [1.82, 2.24) is 0 Å². The molecule has 0 heterocycles. The van der Waals surface area contributed by atoms with Crippen LogP contribution < -0.4 is 0 Å². The number of unbranched alkanes of at least 4 members (excludes halogenated alkanes) is 1. The van der Waals surface area contributed by atoms with Gasteiger partial charge < -0.3 is 9.47 Å². The van der Waals surface area contributed by atoms with E-state index in [0.29, 0.717) is 18.8 Å². The van der Waals surface area contributed by atoms with E-state index in [2.05, 4.69) is 27.4 Å². The highest BCUT2D eigenvalue weighted by Crippen LogP contribution is 2.19. The summed E-state index contributed by atoms with van der Waals surface area (Å²) in [6.45, 7) is 12.5. The lowest BCUT2D eigenvalue weighted by Crippen LogP contribution is -2.18. The van der Waals surface area contributed by atoms with E-state index in [1.54, 1.807) is 6.92 Å². The molecular formula is C16H30O3. The summed E-state index contributed by atoms with van der Waals surface area (Å²) in [5, 5.41) is 0. The van der Waals surface area contributed by atoms with Crippen molar-refractivity contribution in [2.75, 3.05) is 13.2 Å². The van der Waals surface area contributed by atoms with E-state index in [4.69, 9.17) is 9.47 Å². The monoisotopic (exact) mass is 270 g/mol. The molecule has 0 aromatic heterocycles. The van der Waals surface area contributed by atoms with Gasteiger partial charge in [0.15, 0.2) is 0 Å². The van der Waals surface area contributed by atoms with Crippen molar-refractivity contribution in [3.05, 3.63) is 12.2 Å². The van der Waals surface area contributed by atoms with Crippen LogP contribution in [0.1, 0.15) is 59.8 Å². The third-order valence-electron chi connectivity index (χ3n) is 3.28. The Kier molecular flexibility index (Phi) is 10.6. The molecule has 0 radical (unpaired) electrons. The second-order valence-electron chi connectivity index (χ2n) is 5.25. The molecule has 112 valence electrons. The molecule has 3 nitrogen and oxygen atoms in total. The summed E-state index contributed by atoms with van der Waals surface area (Å²) in [6, 6.07) is 0. The molecule has 2 unspecified atom stereocenters. The minimum Gasteiger partial charge on any atom is -0.460 e. The Morgan fingerprint density at radius 1 is 1.26 bits per heavy atom. The molecule has 0 aliphatic rings. The van der Waals surface area contributed by atoms with Gasteiger partial charge in [-0.2, -0.15) is 0 Å². The Morgan fingerprint density at radius 3 is 2.47 bits per heavy atom. The maximum Gasteiger partial charge on any atom is 0.333 e. The number of carbonyl (C=O) groups excluding carboxylic acids is 1. The molecule has 0 N–H and O–H groups in total. The van der Waals surface area contributed by atoms with Crippen LogP contribution in [0.5, 0.6) is 0 Å². The molecular weight excluding hydrogens is 240 g/mol. The molecule has 0 rings (SSSR count). The van der Waals surface area contributed by atoms with E-state index in [0.717, 1.165) is 12.3 Å². The molecule has 0 bridgehead atoms. The highest BCUT2D eigenvalue weighted by atomic mass is 16.6. The van der Waals surface area contributed by atoms with E-state index >= 15 is 0 Å². The molecule has 19 heavy (non-hydrogen) atoms. The summed E-state index contributed by atoms with van der Waals surface area (Å²) in [5.74, 6) is 0.401. The van der Waals surface area contributed by atoms with Crippen molar-refractivity contribution >= 4 is 5.97 Å². The number of rotatable bonds is 11. The molecule has 0 aromatic carbocycles. The fraction of sp³-hybridized carbons (Fsp3) is 0.812. The SMILES string of the molecule is C=C(C)C(=O)OCCOC(C)CC(CC)CCCC. The molecule has 0 aromatic rings. The number of hydrogen-bond acceptors (Lipinski definition) is 3. The minimum atomic E-state index is -0.342. The largest absolute Gasteiger partial charge is 0.460 e. The zero-order valence-electron chi connectivity index (χ0n) is 13.0. The van der Waals surface area contributed by atoms with E-state index in [-0.39, 0.29) is 12.1 Å². The second-order valence-corrected chi connectivity index (χ2v) is 5.25. The average molecular weight is 270 g/mol. The van der Waals surface area contributed by atoms with Crippen molar-refractivity contribution in [3.63, 3.8) is 0 Å². The molecule has 0 spiro atoms. The molecule has 0 saturated heterocycles. The van der Waals surface area contributed by atoms with Gasteiger partial charge in [0.25, 0.3) is 0 Å². The van der Waals surface area contributed by atoms with Crippen LogP contribution in [0.15, 0.2) is 12.2 Å². The Labute approximate surface area is 118 Å². The van der Waals surface area contributed by atoms with Gasteiger partial charge >= 0.3 is 5.97 Å². The van der Waals surface area contributed by atoms with Gasteiger partial charge in [0.2, 0.25) is 0 Å². The van der Waals surface area contributed by atoms with Gasteiger partial charge in [-0.1, -0.05) is 46.1 Å². The summed E-state index contributed by atoms with van der Waals surface area (Å²) in [4.78, 5) is 11.2. The molecule has 3 heteroatoms. The minimum absolute atomic E-state index is 0.227. The first kappa shape index (κ1) is 18.2. The van der Waals surface area contributed by atoms with Crippen LogP contribution in [-0.2, 0) is 14.3 Å². The lowest BCUT2D eigenvalue weighted by molar-refractivity contribution is -0.141. The predicted molar refractivity (Wildman–Crippen MR) is 79.1 cm³/mol. The standard InChI is InChI=1S/C16H30O3/c1-6-8-9-15(7-2)12-14(5)18-10-11-19-16(17)13(3)4/h14-15H,3,6-12H2,1-2,4-5H3. The van der Waals surface area contributed by atoms with E-state index < -0.39 is 0 Å². The Bertz CT molecular complexity index is 261. The summed E-state index contributed by atoms with van der Waals surface area (Å²) in [6.07, 6.45) is 6.35. The number of carbonyl (C=O) groups is 1. The highest BCUT2D eigenvalue weighted by Gasteiger charge is 2.12. The Hall–Kier alpha value is -0.830.